The van der Waals surface area contributed by atoms with E-state index in [1.165, 1.54) is 11.0 Å². The van der Waals surface area contributed by atoms with E-state index in [1.807, 2.05) is 19.9 Å². The molecule has 0 aliphatic carbocycles. The number of rotatable bonds is 2. The van der Waals surface area contributed by atoms with E-state index in [0.717, 1.165) is 49.4 Å². The summed E-state index contributed by atoms with van der Waals surface area (Å²) in [6.07, 6.45) is 0. The van der Waals surface area contributed by atoms with Crippen LogP contribution in [0.5, 0.6) is 5.75 Å². The lowest BCUT2D eigenvalue weighted by atomic mass is 10.0. The minimum absolute atomic E-state index is 0.273. The molecule has 1 aliphatic heterocycles. The summed E-state index contributed by atoms with van der Waals surface area (Å²) < 4.78 is 5.24. The van der Waals surface area contributed by atoms with Gasteiger partial charge >= 0.3 is 5.63 Å². The maximum Gasteiger partial charge on any atom is 0.336 e. The number of nitrogens with one attached hydrogen (secondary N) is 2. The molecule has 3 N–H and O–H groups in total. The zero-order valence-electron chi connectivity index (χ0n) is 13.5. The van der Waals surface area contributed by atoms with Gasteiger partial charge in [0.2, 0.25) is 0 Å². The number of phenols is 1. The molecule has 0 bridgehead atoms. The van der Waals surface area contributed by atoms with Crippen molar-refractivity contribution in [2.75, 3.05) is 33.2 Å². The van der Waals surface area contributed by atoms with E-state index in [2.05, 4.69) is 7.05 Å². The zero-order chi connectivity index (χ0) is 15.9. The van der Waals surface area contributed by atoms with Crippen molar-refractivity contribution in [3.05, 3.63) is 39.2 Å². The number of aryl methyl sites for hydroxylation is 2. The molecule has 1 saturated heterocycles. The molecule has 0 spiro atoms. The summed E-state index contributed by atoms with van der Waals surface area (Å²) in [6, 6.07) is 3.31. The lowest BCUT2D eigenvalue weighted by Gasteiger charge is -2.28. The fourth-order valence-electron chi connectivity index (χ4n) is 3.34. The number of likely N-dealkylation sites (N-methyl/N-ethyl adjacent to an activating group) is 1. The van der Waals surface area contributed by atoms with Crippen molar-refractivity contribution >= 4 is 11.0 Å². The first-order chi connectivity index (χ1) is 10.5. The summed E-state index contributed by atoms with van der Waals surface area (Å²) in [4.78, 5) is 14.6. The van der Waals surface area contributed by atoms with Crippen molar-refractivity contribution in [1.82, 2.24) is 0 Å². The van der Waals surface area contributed by atoms with Crippen LogP contribution in [0.15, 0.2) is 21.3 Å². The molecule has 1 aromatic carbocycles. The molecular weight excluding hydrogens is 280 g/mol. The highest BCUT2D eigenvalue weighted by Gasteiger charge is 2.23. The third kappa shape index (κ3) is 2.74. The number of benzene rings is 1. The molecule has 5 heteroatoms. The monoisotopic (exact) mass is 304 g/mol. The Morgan fingerprint density at radius 1 is 1.14 bits per heavy atom. The number of piperazine rings is 1. The second kappa shape index (κ2) is 5.74. The van der Waals surface area contributed by atoms with Crippen LogP contribution in [0.3, 0.4) is 0 Å². The van der Waals surface area contributed by atoms with E-state index >= 15 is 0 Å². The van der Waals surface area contributed by atoms with E-state index in [0.29, 0.717) is 11.0 Å². The molecule has 2 aromatic rings. The molecule has 22 heavy (non-hydrogen) atoms. The smallest absolute Gasteiger partial charge is 0.336 e. The summed E-state index contributed by atoms with van der Waals surface area (Å²) in [6.45, 7) is 9.19. The average molecular weight is 304 g/mol. The van der Waals surface area contributed by atoms with Crippen LogP contribution < -0.4 is 15.4 Å². The fraction of sp³-hybridized carbons (Fsp3) is 0.471. The Morgan fingerprint density at radius 2 is 1.82 bits per heavy atom. The molecule has 0 amide bonds. The van der Waals surface area contributed by atoms with E-state index in [9.17, 15) is 9.90 Å². The number of fused-ring (bicyclic) bond motifs is 1. The van der Waals surface area contributed by atoms with Gasteiger partial charge in [-0.1, -0.05) is 0 Å². The number of hydrogen-bond acceptors (Lipinski definition) is 3. The highest BCUT2D eigenvalue weighted by Crippen LogP contribution is 2.32. The van der Waals surface area contributed by atoms with Crippen molar-refractivity contribution in [2.24, 2.45) is 0 Å². The van der Waals surface area contributed by atoms with Gasteiger partial charge in [0.05, 0.1) is 18.0 Å². The van der Waals surface area contributed by atoms with Crippen molar-refractivity contribution in [3.63, 3.8) is 0 Å². The van der Waals surface area contributed by atoms with Gasteiger partial charge in [-0.2, -0.15) is 0 Å². The SMILES string of the molecule is Cc1cc2oc(=O)cc(C)c2c(O)c1C[NH+]1CC[NH+](C)CC1. The minimum atomic E-state index is -0.371. The lowest BCUT2D eigenvalue weighted by molar-refractivity contribution is -1.01. The largest absolute Gasteiger partial charge is 0.507 e. The van der Waals surface area contributed by atoms with Crippen molar-refractivity contribution in [2.45, 2.75) is 20.4 Å². The van der Waals surface area contributed by atoms with Gasteiger partial charge in [0, 0.05) is 6.07 Å². The molecule has 3 rings (SSSR count). The summed E-state index contributed by atoms with van der Waals surface area (Å²) in [5, 5.41) is 11.4. The summed E-state index contributed by atoms with van der Waals surface area (Å²) in [5.41, 5.74) is 2.82. The van der Waals surface area contributed by atoms with Gasteiger partial charge in [0.15, 0.2) is 0 Å². The van der Waals surface area contributed by atoms with Crippen LogP contribution >= 0.6 is 0 Å². The van der Waals surface area contributed by atoms with Crippen molar-refractivity contribution in [3.8, 4) is 5.75 Å². The number of hydrogen-bond donors (Lipinski definition) is 3. The molecule has 2 heterocycles. The third-order valence-corrected chi connectivity index (χ3v) is 4.77. The van der Waals surface area contributed by atoms with Gasteiger partial charge < -0.3 is 19.3 Å². The molecule has 0 atom stereocenters. The first-order valence-electron chi connectivity index (χ1n) is 7.86. The molecule has 1 aromatic heterocycles. The van der Waals surface area contributed by atoms with Gasteiger partial charge in [-0.25, -0.2) is 4.79 Å². The van der Waals surface area contributed by atoms with Gasteiger partial charge in [-0.05, 0) is 31.0 Å². The van der Waals surface area contributed by atoms with E-state index in [-0.39, 0.29) is 11.4 Å². The molecule has 118 valence electrons. The van der Waals surface area contributed by atoms with E-state index in [4.69, 9.17) is 4.42 Å². The normalized spacial score (nSPS) is 22.1. The van der Waals surface area contributed by atoms with Gasteiger partial charge in [0.1, 0.15) is 44.1 Å². The predicted molar refractivity (Wildman–Crippen MR) is 84.6 cm³/mol. The van der Waals surface area contributed by atoms with Gasteiger partial charge in [0.25, 0.3) is 0 Å². The predicted octanol–water partition coefficient (Wildman–Crippen LogP) is -0.971. The molecule has 1 aliphatic rings. The maximum absolute atomic E-state index is 11.5. The standard InChI is InChI=1S/C17H22N2O3/c1-11-8-14-16(12(2)9-15(20)22-14)17(21)13(11)10-19-6-4-18(3)5-7-19/h8-9,21H,4-7,10H2,1-3H3/p+2. The van der Waals surface area contributed by atoms with E-state index < -0.39 is 0 Å². The maximum atomic E-state index is 11.5. The van der Waals surface area contributed by atoms with Crippen LogP contribution in [-0.4, -0.2) is 38.3 Å². The Labute approximate surface area is 129 Å². The summed E-state index contributed by atoms with van der Waals surface area (Å²) in [5.74, 6) is 0.273. The quantitative estimate of drug-likeness (QED) is 0.626. The number of aromatic hydroxyl groups is 1. The molecule has 0 unspecified atom stereocenters. The lowest BCUT2D eigenvalue weighted by Crippen LogP contribution is -3.26. The van der Waals surface area contributed by atoms with E-state index in [1.54, 1.807) is 4.90 Å². The molecule has 1 fully saturated rings. The Morgan fingerprint density at radius 3 is 2.50 bits per heavy atom. The molecule has 0 saturated carbocycles. The van der Waals surface area contributed by atoms with Crippen LogP contribution in [-0.2, 0) is 6.54 Å². The third-order valence-electron chi connectivity index (χ3n) is 4.77. The highest BCUT2D eigenvalue weighted by atomic mass is 16.4. The van der Waals surface area contributed by atoms with Crippen LogP contribution in [0.4, 0.5) is 0 Å². The van der Waals surface area contributed by atoms with Crippen molar-refractivity contribution in [1.29, 1.82) is 0 Å². The average Bonchev–Trinajstić information content (AvgIpc) is 2.44. The van der Waals surface area contributed by atoms with Crippen molar-refractivity contribution < 1.29 is 19.3 Å². The Kier molecular flexibility index (Phi) is 3.93. The second-order valence-electron chi connectivity index (χ2n) is 6.53. The Balaban J connectivity index is 2.01. The summed E-state index contributed by atoms with van der Waals surface area (Å²) in [7, 11) is 2.22. The summed E-state index contributed by atoms with van der Waals surface area (Å²) >= 11 is 0. The first-order valence-corrected chi connectivity index (χ1v) is 7.86. The Bertz CT molecular complexity index is 759. The van der Waals surface area contributed by atoms with Crippen LogP contribution in [0.2, 0.25) is 0 Å². The molecular formula is C17H24N2O3+2. The van der Waals surface area contributed by atoms with Crippen LogP contribution in [0, 0.1) is 13.8 Å². The fourth-order valence-corrected chi connectivity index (χ4v) is 3.34. The Hall–Kier alpha value is -1.85. The molecule has 0 radical (unpaired) electrons. The second-order valence-corrected chi connectivity index (χ2v) is 6.53. The highest BCUT2D eigenvalue weighted by molar-refractivity contribution is 5.88. The minimum Gasteiger partial charge on any atom is -0.507 e. The zero-order valence-corrected chi connectivity index (χ0v) is 13.5. The number of quaternary nitrogens is 2. The molecule has 5 nitrogen and oxygen atoms in total. The van der Waals surface area contributed by atoms with Crippen LogP contribution in [0.1, 0.15) is 16.7 Å². The number of phenolic OH excluding ortho intramolecular Hbond substituents is 1. The van der Waals surface area contributed by atoms with Crippen LogP contribution in [0.25, 0.3) is 11.0 Å². The first kappa shape index (κ1) is 15.1. The van der Waals surface area contributed by atoms with Gasteiger partial charge in [-0.15, -0.1) is 0 Å². The topological polar surface area (TPSA) is 59.3 Å². The van der Waals surface area contributed by atoms with Gasteiger partial charge in [-0.3, -0.25) is 0 Å².